The minimum absolute atomic E-state index is 0.0474. The number of allylic oxidation sites excluding steroid dienone is 1. The highest BCUT2D eigenvalue weighted by atomic mass is 32.2. The first kappa shape index (κ1) is 10.9. The number of amides is 1. The lowest BCUT2D eigenvalue weighted by molar-refractivity contribution is -0.143. The summed E-state index contributed by atoms with van der Waals surface area (Å²) in [6.07, 6.45) is 4.04. The summed E-state index contributed by atoms with van der Waals surface area (Å²) in [7, 11) is 1.89. The van der Waals surface area contributed by atoms with Crippen molar-refractivity contribution < 1.29 is 9.53 Å². The Bertz CT molecular complexity index is 316. The van der Waals surface area contributed by atoms with Crippen molar-refractivity contribution >= 4 is 17.7 Å². The Balaban J connectivity index is 2.28. The van der Waals surface area contributed by atoms with Gasteiger partial charge in [0.2, 0.25) is 5.91 Å². The molecule has 0 bridgehead atoms. The minimum atomic E-state index is -0.0617. The monoisotopic (exact) mass is 227 g/mol. The summed E-state index contributed by atoms with van der Waals surface area (Å²) in [6.45, 7) is 4.08. The third kappa shape index (κ3) is 1.55. The Morgan fingerprint density at radius 2 is 2.20 bits per heavy atom. The molecule has 2 heterocycles. The van der Waals surface area contributed by atoms with Crippen molar-refractivity contribution in [2.75, 3.05) is 13.3 Å². The van der Waals surface area contributed by atoms with E-state index in [0.29, 0.717) is 5.92 Å². The Kier molecular flexibility index (Phi) is 2.71. The SMILES string of the molecule is CS[C@@H]1[C@H](C)[C@@H]2OC(C)=C[C@@H]2C(=O)N1C. The average Bonchev–Trinajstić information content (AvgIpc) is 2.58. The van der Waals surface area contributed by atoms with Crippen molar-refractivity contribution in [3.8, 4) is 0 Å². The largest absolute Gasteiger partial charge is 0.494 e. The van der Waals surface area contributed by atoms with Gasteiger partial charge >= 0.3 is 0 Å². The summed E-state index contributed by atoms with van der Waals surface area (Å²) in [5.74, 6) is 1.39. The topological polar surface area (TPSA) is 29.5 Å². The van der Waals surface area contributed by atoms with Crippen LogP contribution in [-0.4, -0.2) is 35.6 Å². The van der Waals surface area contributed by atoms with Gasteiger partial charge in [-0.05, 0) is 19.3 Å². The van der Waals surface area contributed by atoms with Gasteiger partial charge < -0.3 is 9.64 Å². The molecule has 0 spiro atoms. The molecule has 0 aromatic heterocycles. The number of likely N-dealkylation sites (tertiary alicyclic amines) is 1. The summed E-state index contributed by atoms with van der Waals surface area (Å²) in [5, 5.41) is 0.234. The van der Waals surface area contributed by atoms with E-state index in [-0.39, 0.29) is 23.3 Å². The van der Waals surface area contributed by atoms with Crippen LogP contribution in [0.4, 0.5) is 0 Å². The summed E-state index contributed by atoms with van der Waals surface area (Å²) in [5.41, 5.74) is 0. The average molecular weight is 227 g/mol. The molecule has 0 N–H and O–H groups in total. The second-order valence-corrected chi connectivity index (χ2v) is 5.27. The summed E-state index contributed by atoms with van der Waals surface area (Å²) in [6, 6.07) is 0. The number of hydrogen-bond donors (Lipinski definition) is 0. The lowest BCUT2D eigenvalue weighted by Gasteiger charge is -2.42. The second kappa shape index (κ2) is 3.74. The molecule has 15 heavy (non-hydrogen) atoms. The number of thioether (sulfide) groups is 1. The van der Waals surface area contributed by atoms with Crippen LogP contribution in [0, 0.1) is 11.8 Å². The molecule has 0 aromatic carbocycles. The van der Waals surface area contributed by atoms with Gasteiger partial charge in [0, 0.05) is 13.0 Å². The molecule has 4 atom stereocenters. The van der Waals surface area contributed by atoms with Crippen LogP contribution in [0.25, 0.3) is 0 Å². The number of fused-ring (bicyclic) bond motifs is 1. The van der Waals surface area contributed by atoms with Crippen molar-refractivity contribution in [2.45, 2.75) is 25.3 Å². The molecule has 1 saturated heterocycles. The third-order valence-electron chi connectivity index (χ3n) is 3.31. The molecule has 4 heteroatoms. The maximum absolute atomic E-state index is 12.1. The lowest BCUT2D eigenvalue weighted by Crippen LogP contribution is -2.54. The molecule has 0 aliphatic carbocycles. The minimum Gasteiger partial charge on any atom is -0.494 e. The molecule has 0 unspecified atom stereocenters. The predicted octanol–water partition coefficient (Wildman–Crippen LogP) is 1.70. The van der Waals surface area contributed by atoms with Crippen molar-refractivity contribution in [1.29, 1.82) is 0 Å². The number of ether oxygens (including phenoxy) is 1. The van der Waals surface area contributed by atoms with E-state index in [1.807, 2.05) is 31.2 Å². The molecule has 0 radical (unpaired) electrons. The molecule has 2 aliphatic rings. The molecular formula is C11H17NO2S. The standard InChI is InChI=1S/C11H17NO2S/c1-6-5-8-9(14-6)7(2)11(15-4)12(3)10(8)13/h5,7-9,11H,1-4H3/t7-,8+,9+,11-/m1/s1. The summed E-state index contributed by atoms with van der Waals surface area (Å²) < 4.78 is 5.73. The molecule has 1 fully saturated rings. The van der Waals surface area contributed by atoms with E-state index in [2.05, 4.69) is 6.92 Å². The number of carbonyl (C=O) groups is 1. The van der Waals surface area contributed by atoms with Crippen LogP contribution in [-0.2, 0) is 9.53 Å². The number of carbonyl (C=O) groups excluding carboxylic acids is 1. The zero-order chi connectivity index (χ0) is 11.2. The number of nitrogens with zero attached hydrogens (tertiary/aromatic N) is 1. The highest BCUT2D eigenvalue weighted by Gasteiger charge is 2.47. The first-order chi connectivity index (χ1) is 7.06. The first-order valence-electron chi connectivity index (χ1n) is 5.20. The fourth-order valence-corrected chi connectivity index (χ4v) is 3.57. The number of piperidine rings is 1. The van der Waals surface area contributed by atoms with Crippen molar-refractivity contribution in [2.24, 2.45) is 11.8 Å². The molecule has 0 saturated carbocycles. The van der Waals surface area contributed by atoms with E-state index in [9.17, 15) is 4.79 Å². The zero-order valence-electron chi connectivity index (χ0n) is 9.56. The third-order valence-corrected chi connectivity index (χ3v) is 4.54. The van der Waals surface area contributed by atoms with E-state index in [1.54, 1.807) is 11.8 Å². The number of hydrogen-bond acceptors (Lipinski definition) is 3. The molecule has 84 valence electrons. The Hall–Kier alpha value is -0.640. The van der Waals surface area contributed by atoms with Gasteiger partial charge in [0.25, 0.3) is 0 Å². The van der Waals surface area contributed by atoms with Crippen LogP contribution < -0.4 is 0 Å². The predicted molar refractivity (Wildman–Crippen MR) is 61.4 cm³/mol. The van der Waals surface area contributed by atoms with Crippen molar-refractivity contribution in [1.82, 2.24) is 4.90 Å². The molecule has 2 aliphatic heterocycles. The summed E-state index contributed by atoms with van der Waals surface area (Å²) >= 11 is 1.72. The van der Waals surface area contributed by atoms with E-state index in [4.69, 9.17) is 4.74 Å². The van der Waals surface area contributed by atoms with Crippen LogP contribution in [0.15, 0.2) is 11.8 Å². The van der Waals surface area contributed by atoms with Gasteiger partial charge in [0.05, 0.1) is 17.1 Å². The molecule has 3 nitrogen and oxygen atoms in total. The Morgan fingerprint density at radius 3 is 2.80 bits per heavy atom. The highest BCUT2D eigenvalue weighted by molar-refractivity contribution is 7.99. The molecule has 2 rings (SSSR count). The Morgan fingerprint density at radius 1 is 1.53 bits per heavy atom. The van der Waals surface area contributed by atoms with Gasteiger partial charge in [-0.3, -0.25) is 4.79 Å². The highest BCUT2D eigenvalue weighted by Crippen LogP contribution is 2.39. The van der Waals surface area contributed by atoms with E-state index < -0.39 is 0 Å². The molecule has 1 amide bonds. The normalized spacial score (nSPS) is 39.9. The fourth-order valence-electron chi connectivity index (χ4n) is 2.57. The van der Waals surface area contributed by atoms with Crippen LogP contribution in [0.1, 0.15) is 13.8 Å². The maximum atomic E-state index is 12.1. The van der Waals surface area contributed by atoms with Crippen LogP contribution in [0.3, 0.4) is 0 Å². The van der Waals surface area contributed by atoms with Gasteiger partial charge in [-0.25, -0.2) is 0 Å². The smallest absolute Gasteiger partial charge is 0.234 e. The van der Waals surface area contributed by atoms with E-state index >= 15 is 0 Å². The molecular weight excluding hydrogens is 210 g/mol. The van der Waals surface area contributed by atoms with Crippen molar-refractivity contribution in [3.63, 3.8) is 0 Å². The van der Waals surface area contributed by atoms with Crippen LogP contribution in [0.5, 0.6) is 0 Å². The zero-order valence-corrected chi connectivity index (χ0v) is 10.4. The lowest BCUT2D eigenvalue weighted by atomic mass is 9.87. The van der Waals surface area contributed by atoms with Gasteiger partial charge in [0.1, 0.15) is 6.10 Å². The fraction of sp³-hybridized carbons (Fsp3) is 0.727. The first-order valence-corrected chi connectivity index (χ1v) is 6.49. The van der Waals surface area contributed by atoms with E-state index in [1.165, 1.54) is 0 Å². The van der Waals surface area contributed by atoms with Crippen LogP contribution >= 0.6 is 11.8 Å². The Labute approximate surface area is 94.8 Å². The van der Waals surface area contributed by atoms with Gasteiger partial charge in [-0.1, -0.05) is 6.92 Å². The van der Waals surface area contributed by atoms with Crippen LogP contribution in [0.2, 0.25) is 0 Å². The van der Waals surface area contributed by atoms with Gasteiger partial charge in [0.15, 0.2) is 0 Å². The second-order valence-electron chi connectivity index (χ2n) is 4.32. The summed E-state index contributed by atoms with van der Waals surface area (Å²) in [4.78, 5) is 13.9. The molecule has 0 aromatic rings. The van der Waals surface area contributed by atoms with E-state index in [0.717, 1.165) is 5.76 Å². The quantitative estimate of drug-likeness (QED) is 0.683. The van der Waals surface area contributed by atoms with Gasteiger partial charge in [-0.2, -0.15) is 0 Å². The van der Waals surface area contributed by atoms with Crippen molar-refractivity contribution in [3.05, 3.63) is 11.8 Å². The maximum Gasteiger partial charge on any atom is 0.234 e. The van der Waals surface area contributed by atoms with Gasteiger partial charge in [-0.15, -0.1) is 11.8 Å². The number of rotatable bonds is 1.